The lowest BCUT2D eigenvalue weighted by Gasteiger charge is -2.09. The summed E-state index contributed by atoms with van der Waals surface area (Å²) in [6.45, 7) is 1.70. The molecule has 0 saturated carbocycles. The molecular formula is C13H10Cl2O4S. The molecule has 0 aliphatic heterocycles. The second-order valence-corrected chi connectivity index (χ2v) is 6.47. The molecule has 0 bridgehead atoms. The topological polar surface area (TPSA) is 63.6 Å². The first kappa shape index (κ1) is 15.0. The Morgan fingerprint density at radius 2 is 1.80 bits per heavy atom. The van der Waals surface area contributed by atoms with Gasteiger partial charge in [-0.15, -0.1) is 0 Å². The highest BCUT2D eigenvalue weighted by Gasteiger charge is 2.21. The van der Waals surface area contributed by atoms with E-state index in [0.29, 0.717) is 5.56 Å². The molecule has 0 fully saturated rings. The third kappa shape index (κ3) is 3.36. The molecule has 0 atom stereocenters. The molecule has 2 rings (SSSR count). The monoisotopic (exact) mass is 332 g/mol. The molecule has 0 saturated heterocycles. The molecule has 4 nitrogen and oxygen atoms in total. The van der Waals surface area contributed by atoms with Gasteiger partial charge in [-0.2, -0.15) is 8.42 Å². The maximum atomic E-state index is 12.2. The first-order valence-corrected chi connectivity index (χ1v) is 7.64. The average molecular weight is 333 g/mol. The van der Waals surface area contributed by atoms with Gasteiger partial charge < -0.3 is 9.29 Å². The SMILES string of the molecule is Cc1cc(O)cc(OS(=O)(=O)c2cc(Cl)ccc2Cl)c1. The quantitative estimate of drug-likeness (QED) is 0.869. The van der Waals surface area contributed by atoms with Crippen molar-refractivity contribution < 1.29 is 17.7 Å². The van der Waals surface area contributed by atoms with Gasteiger partial charge in [-0.1, -0.05) is 23.2 Å². The van der Waals surface area contributed by atoms with Crippen LogP contribution in [0.25, 0.3) is 0 Å². The van der Waals surface area contributed by atoms with Crippen LogP contribution in [0.5, 0.6) is 11.5 Å². The minimum absolute atomic E-state index is 0.00135. The van der Waals surface area contributed by atoms with Crippen molar-refractivity contribution in [3.05, 3.63) is 52.0 Å². The van der Waals surface area contributed by atoms with Crippen LogP contribution in [-0.4, -0.2) is 13.5 Å². The molecule has 0 amide bonds. The molecule has 0 aliphatic rings. The second-order valence-electron chi connectivity index (χ2n) is 4.12. The molecule has 1 N–H and O–H groups in total. The summed E-state index contributed by atoms with van der Waals surface area (Å²) in [4.78, 5) is -0.229. The first-order chi connectivity index (χ1) is 9.28. The van der Waals surface area contributed by atoms with Crippen molar-refractivity contribution in [2.24, 2.45) is 0 Å². The highest BCUT2D eigenvalue weighted by Crippen LogP contribution is 2.29. The van der Waals surface area contributed by atoms with Gasteiger partial charge in [0.25, 0.3) is 0 Å². The Kier molecular flexibility index (Phi) is 4.13. The van der Waals surface area contributed by atoms with Gasteiger partial charge in [0, 0.05) is 11.1 Å². The van der Waals surface area contributed by atoms with Gasteiger partial charge in [-0.05, 0) is 42.8 Å². The molecule has 0 aliphatic carbocycles. The molecule has 0 heterocycles. The number of phenols is 1. The first-order valence-electron chi connectivity index (χ1n) is 5.48. The highest BCUT2D eigenvalue weighted by atomic mass is 35.5. The van der Waals surface area contributed by atoms with Gasteiger partial charge in [0.05, 0.1) is 5.02 Å². The molecule has 0 aromatic heterocycles. The second kappa shape index (κ2) is 5.52. The highest BCUT2D eigenvalue weighted by molar-refractivity contribution is 7.87. The van der Waals surface area contributed by atoms with Gasteiger partial charge in [0.15, 0.2) is 0 Å². The summed E-state index contributed by atoms with van der Waals surface area (Å²) >= 11 is 11.6. The number of benzene rings is 2. The van der Waals surface area contributed by atoms with Gasteiger partial charge in [0.2, 0.25) is 0 Å². The molecule has 0 radical (unpaired) electrons. The Morgan fingerprint density at radius 3 is 2.45 bits per heavy atom. The molecular weight excluding hydrogens is 323 g/mol. The number of rotatable bonds is 3. The zero-order valence-corrected chi connectivity index (χ0v) is 12.6. The molecule has 20 heavy (non-hydrogen) atoms. The molecule has 106 valence electrons. The van der Waals surface area contributed by atoms with Crippen LogP contribution in [0.3, 0.4) is 0 Å². The van der Waals surface area contributed by atoms with Crippen molar-refractivity contribution >= 4 is 33.3 Å². The number of aromatic hydroxyl groups is 1. The van der Waals surface area contributed by atoms with Gasteiger partial charge >= 0.3 is 10.1 Å². The number of hydrogen-bond acceptors (Lipinski definition) is 4. The predicted octanol–water partition coefficient (Wildman–Crippen LogP) is 3.78. The van der Waals surface area contributed by atoms with E-state index in [9.17, 15) is 13.5 Å². The lowest BCUT2D eigenvalue weighted by Crippen LogP contribution is -2.10. The van der Waals surface area contributed by atoms with E-state index in [-0.39, 0.29) is 26.4 Å². The van der Waals surface area contributed by atoms with E-state index in [1.807, 2.05) is 0 Å². The van der Waals surface area contributed by atoms with E-state index in [2.05, 4.69) is 0 Å². The molecule has 2 aromatic carbocycles. The predicted molar refractivity (Wildman–Crippen MR) is 77.1 cm³/mol. The minimum Gasteiger partial charge on any atom is -0.508 e. The summed E-state index contributed by atoms with van der Waals surface area (Å²) in [5, 5.41) is 9.67. The summed E-state index contributed by atoms with van der Waals surface area (Å²) in [7, 11) is -4.13. The zero-order valence-electron chi connectivity index (χ0n) is 10.3. The van der Waals surface area contributed by atoms with Crippen LogP contribution in [-0.2, 0) is 10.1 Å². The average Bonchev–Trinajstić information content (AvgIpc) is 2.30. The number of phenolic OH excluding ortho intramolecular Hbond substituents is 1. The van der Waals surface area contributed by atoms with Crippen molar-refractivity contribution in [3.63, 3.8) is 0 Å². The number of hydrogen-bond donors (Lipinski definition) is 1. The Balaban J connectivity index is 2.43. The fraction of sp³-hybridized carbons (Fsp3) is 0.0769. The third-order valence-corrected chi connectivity index (χ3v) is 4.37. The zero-order chi connectivity index (χ0) is 14.9. The Bertz CT molecular complexity index is 737. The van der Waals surface area contributed by atoms with Crippen LogP contribution >= 0.6 is 23.2 Å². The summed E-state index contributed by atoms with van der Waals surface area (Å²) in [6.07, 6.45) is 0. The molecule has 7 heteroatoms. The number of halogens is 2. The van der Waals surface area contributed by atoms with E-state index in [1.54, 1.807) is 6.92 Å². The van der Waals surface area contributed by atoms with Gasteiger partial charge in [-0.3, -0.25) is 0 Å². The van der Waals surface area contributed by atoms with Crippen LogP contribution in [0.4, 0.5) is 0 Å². The van der Waals surface area contributed by atoms with E-state index in [1.165, 1.54) is 36.4 Å². The van der Waals surface area contributed by atoms with Gasteiger partial charge in [0.1, 0.15) is 16.4 Å². The largest absolute Gasteiger partial charge is 0.508 e. The standard InChI is InChI=1S/C13H10Cl2O4S/c1-8-4-10(16)7-11(5-8)19-20(17,18)13-6-9(14)2-3-12(13)15/h2-7,16H,1H3. The minimum atomic E-state index is -4.13. The van der Waals surface area contributed by atoms with Crippen molar-refractivity contribution in [1.29, 1.82) is 0 Å². The van der Waals surface area contributed by atoms with Crippen molar-refractivity contribution in [2.75, 3.05) is 0 Å². The lowest BCUT2D eigenvalue weighted by atomic mass is 10.2. The summed E-state index contributed by atoms with van der Waals surface area (Å²) in [5.41, 5.74) is 0.660. The van der Waals surface area contributed by atoms with Crippen molar-refractivity contribution in [3.8, 4) is 11.5 Å². The Morgan fingerprint density at radius 1 is 1.10 bits per heavy atom. The van der Waals surface area contributed by atoms with Crippen molar-refractivity contribution in [2.45, 2.75) is 11.8 Å². The third-order valence-electron chi connectivity index (χ3n) is 2.40. The molecule has 2 aromatic rings. The molecule has 0 unspecified atom stereocenters. The normalized spacial score (nSPS) is 11.3. The van der Waals surface area contributed by atoms with E-state index >= 15 is 0 Å². The fourth-order valence-electron chi connectivity index (χ4n) is 1.62. The molecule has 0 spiro atoms. The van der Waals surface area contributed by atoms with E-state index in [4.69, 9.17) is 27.4 Å². The van der Waals surface area contributed by atoms with Crippen LogP contribution in [0.2, 0.25) is 10.0 Å². The lowest BCUT2D eigenvalue weighted by molar-refractivity contribution is 0.463. The summed E-state index contributed by atoms with van der Waals surface area (Å²) in [5.74, 6) is -0.0917. The van der Waals surface area contributed by atoms with E-state index in [0.717, 1.165) is 0 Å². The smallest absolute Gasteiger partial charge is 0.340 e. The van der Waals surface area contributed by atoms with Crippen LogP contribution < -0.4 is 4.18 Å². The maximum Gasteiger partial charge on any atom is 0.340 e. The van der Waals surface area contributed by atoms with Crippen molar-refractivity contribution in [1.82, 2.24) is 0 Å². The van der Waals surface area contributed by atoms with E-state index < -0.39 is 10.1 Å². The van der Waals surface area contributed by atoms with Gasteiger partial charge in [-0.25, -0.2) is 0 Å². The van der Waals surface area contributed by atoms with Crippen LogP contribution in [0, 0.1) is 6.92 Å². The maximum absolute atomic E-state index is 12.2. The fourth-order valence-corrected chi connectivity index (χ4v) is 3.27. The van der Waals surface area contributed by atoms with Crippen LogP contribution in [0.1, 0.15) is 5.56 Å². The summed E-state index contributed by atoms with van der Waals surface area (Å²) in [6, 6.07) is 8.20. The Hall–Kier alpha value is -1.43. The Labute approximate surface area is 126 Å². The number of aryl methyl sites for hydroxylation is 1. The van der Waals surface area contributed by atoms with Crippen LogP contribution in [0.15, 0.2) is 41.3 Å². The summed E-state index contributed by atoms with van der Waals surface area (Å²) < 4.78 is 29.3.